The summed E-state index contributed by atoms with van der Waals surface area (Å²) in [5, 5.41) is 0.912. The Labute approximate surface area is 161 Å². The van der Waals surface area contributed by atoms with Crippen LogP contribution in [0, 0.1) is 17.6 Å². The number of H-pyrrole nitrogens is 1. The highest BCUT2D eigenvalue weighted by Gasteiger charge is 2.43. The van der Waals surface area contributed by atoms with Crippen molar-refractivity contribution in [3.8, 4) is 0 Å². The summed E-state index contributed by atoms with van der Waals surface area (Å²) in [6.45, 7) is 1.14. The van der Waals surface area contributed by atoms with E-state index >= 15 is 0 Å². The number of hydrogen-bond acceptors (Lipinski definition) is 1. The van der Waals surface area contributed by atoms with Gasteiger partial charge in [-0.2, -0.15) is 0 Å². The van der Waals surface area contributed by atoms with Gasteiger partial charge in [0.15, 0.2) is 0 Å². The third kappa shape index (κ3) is 4.07. The maximum absolute atomic E-state index is 14.5. The molecule has 1 unspecified atom stereocenters. The number of alkyl halides is 2. The number of aromatic amines is 1. The molecule has 0 spiro atoms. The van der Waals surface area contributed by atoms with E-state index in [0.29, 0.717) is 31.4 Å². The number of hydrogen-bond donors (Lipinski definition) is 1. The monoisotopic (exact) mass is 390 g/mol. The Balaban J connectivity index is 1.44. The summed E-state index contributed by atoms with van der Waals surface area (Å²) in [5.41, 5.74) is 2.43. The largest absolute Gasteiger partial charge is 0.361 e. The molecule has 0 aliphatic carbocycles. The molecule has 0 radical (unpaired) electrons. The summed E-state index contributed by atoms with van der Waals surface area (Å²) >= 11 is 0. The van der Waals surface area contributed by atoms with E-state index in [1.807, 2.05) is 11.1 Å². The van der Waals surface area contributed by atoms with Crippen LogP contribution in [0.25, 0.3) is 10.9 Å². The highest BCUT2D eigenvalue weighted by atomic mass is 19.3. The first-order chi connectivity index (χ1) is 13.4. The first-order valence-corrected chi connectivity index (χ1v) is 9.51. The van der Waals surface area contributed by atoms with Crippen LogP contribution in [0.1, 0.15) is 24.0 Å². The lowest BCUT2D eigenvalue weighted by Crippen LogP contribution is -2.46. The molecule has 2 heterocycles. The first-order valence-electron chi connectivity index (χ1n) is 9.51. The molecule has 0 bridgehead atoms. The average molecular weight is 390 g/mol. The van der Waals surface area contributed by atoms with Gasteiger partial charge < -0.3 is 4.98 Å². The molecule has 1 atom stereocenters. The second kappa shape index (κ2) is 7.59. The number of nitrogens with one attached hydrogen (secondary N) is 1. The first kappa shape index (κ1) is 19.0. The van der Waals surface area contributed by atoms with E-state index in [-0.39, 0.29) is 24.6 Å². The van der Waals surface area contributed by atoms with Crippen LogP contribution >= 0.6 is 0 Å². The van der Waals surface area contributed by atoms with E-state index in [0.717, 1.165) is 16.5 Å². The number of halogens is 4. The fourth-order valence-electron chi connectivity index (χ4n) is 4.06. The van der Waals surface area contributed by atoms with Gasteiger partial charge in [-0.3, -0.25) is 4.90 Å². The summed E-state index contributed by atoms with van der Waals surface area (Å²) in [6, 6.07) is 10.7. The van der Waals surface area contributed by atoms with Gasteiger partial charge in [0.25, 0.3) is 5.92 Å². The smallest absolute Gasteiger partial charge is 0.253 e. The predicted molar refractivity (Wildman–Crippen MR) is 101 cm³/mol. The number of aryl methyl sites for hydroxylation is 1. The maximum Gasteiger partial charge on any atom is 0.253 e. The van der Waals surface area contributed by atoms with Crippen LogP contribution in [0.5, 0.6) is 0 Å². The molecule has 4 rings (SSSR count). The van der Waals surface area contributed by atoms with Gasteiger partial charge in [0.2, 0.25) is 0 Å². The summed E-state index contributed by atoms with van der Waals surface area (Å²) in [5.74, 6) is -4.14. The molecule has 0 saturated carbocycles. The number of aromatic nitrogens is 1. The van der Waals surface area contributed by atoms with Crippen molar-refractivity contribution in [2.24, 2.45) is 5.92 Å². The second-order valence-corrected chi connectivity index (χ2v) is 7.62. The minimum Gasteiger partial charge on any atom is -0.361 e. The summed E-state index contributed by atoms with van der Waals surface area (Å²) in [7, 11) is 0. The number of piperidine rings is 1. The van der Waals surface area contributed by atoms with Crippen LogP contribution in [0.2, 0.25) is 0 Å². The van der Waals surface area contributed by atoms with Crippen molar-refractivity contribution in [2.45, 2.75) is 31.7 Å². The molecule has 1 aliphatic heterocycles. The van der Waals surface area contributed by atoms with Crippen LogP contribution in [0.3, 0.4) is 0 Å². The van der Waals surface area contributed by atoms with Crippen molar-refractivity contribution in [3.05, 3.63) is 71.4 Å². The normalized spacial score (nSPS) is 19.9. The zero-order chi connectivity index (χ0) is 19.7. The third-order valence-electron chi connectivity index (χ3n) is 5.63. The Morgan fingerprint density at radius 1 is 1.07 bits per heavy atom. The molecule has 1 saturated heterocycles. The molecular weight excluding hydrogens is 368 g/mol. The number of likely N-dealkylation sites (tertiary alicyclic amines) is 1. The Bertz CT molecular complexity index is 966. The lowest BCUT2D eigenvalue weighted by atomic mass is 9.88. The third-order valence-corrected chi connectivity index (χ3v) is 5.63. The van der Waals surface area contributed by atoms with Crippen molar-refractivity contribution >= 4 is 10.9 Å². The second-order valence-electron chi connectivity index (χ2n) is 7.62. The number of fused-ring (bicyclic) bond motifs is 1. The molecule has 28 heavy (non-hydrogen) atoms. The molecule has 148 valence electrons. The van der Waals surface area contributed by atoms with Gasteiger partial charge in [0.05, 0.1) is 0 Å². The molecular formula is C22H22F4N2. The molecule has 2 aromatic carbocycles. The quantitative estimate of drug-likeness (QED) is 0.567. The molecule has 6 heteroatoms. The van der Waals surface area contributed by atoms with Gasteiger partial charge in [-0.15, -0.1) is 0 Å². The van der Waals surface area contributed by atoms with Crippen LogP contribution in [-0.4, -0.2) is 28.9 Å². The van der Waals surface area contributed by atoms with Crippen molar-refractivity contribution in [1.82, 2.24) is 9.88 Å². The number of benzene rings is 2. The lowest BCUT2D eigenvalue weighted by Gasteiger charge is -2.38. The zero-order valence-corrected chi connectivity index (χ0v) is 15.4. The molecule has 1 fully saturated rings. The molecule has 1 aromatic heterocycles. The van der Waals surface area contributed by atoms with Gasteiger partial charge in [0, 0.05) is 49.1 Å². The van der Waals surface area contributed by atoms with E-state index in [4.69, 9.17) is 0 Å². The maximum atomic E-state index is 14.5. The summed E-state index contributed by atoms with van der Waals surface area (Å²) in [4.78, 5) is 5.08. The minimum absolute atomic E-state index is 0.183. The van der Waals surface area contributed by atoms with Crippen molar-refractivity contribution in [2.75, 3.05) is 13.1 Å². The van der Waals surface area contributed by atoms with Crippen LogP contribution in [0.4, 0.5) is 17.6 Å². The number of nitrogens with zero attached hydrogens (tertiary/aromatic N) is 1. The highest BCUT2D eigenvalue weighted by Crippen LogP contribution is 2.37. The Hall–Kier alpha value is -2.34. The van der Waals surface area contributed by atoms with Crippen molar-refractivity contribution in [1.29, 1.82) is 0 Å². The fourth-order valence-corrected chi connectivity index (χ4v) is 4.06. The van der Waals surface area contributed by atoms with Gasteiger partial charge in [-0.05, 0) is 54.3 Å². The Morgan fingerprint density at radius 2 is 1.89 bits per heavy atom. The van der Waals surface area contributed by atoms with Crippen LogP contribution in [-0.2, 0) is 13.0 Å². The fraction of sp³-hybridized carbons (Fsp3) is 0.364. The van der Waals surface area contributed by atoms with E-state index in [2.05, 4.69) is 4.98 Å². The predicted octanol–water partition coefficient (Wildman–Crippen LogP) is 5.54. The van der Waals surface area contributed by atoms with Gasteiger partial charge in [-0.1, -0.05) is 12.1 Å². The summed E-state index contributed by atoms with van der Waals surface area (Å²) in [6.07, 6.45) is 2.38. The van der Waals surface area contributed by atoms with Crippen LogP contribution in [0.15, 0.2) is 48.7 Å². The summed E-state index contributed by atoms with van der Waals surface area (Å²) < 4.78 is 55.6. The lowest BCUT2D eigenvalue weighted by molar-refractivity contribution is -0.109. The molecule has 1 N–H and O–H groups in total. The van der Waals surface area contributed by atoms with Gasteiger partial charge >= 0.3 is 0 Å². The van der Waals surface area contributed by atoms with E-state index in [1.165, 1.54) is 24.3 Å². The minimum atomic E-state index is -2.72. The Morgan fingerprint density at radius 3 is 2.71 bits per heavy atom. The molecule has 1 aliphatic rings. The highest BCUT2D eigenvalue weighted by molar-refractivity contribution is 5.83. The van der Waals surface area contributed by atoms with Crippen LogP contribution < -0.4 is 0 Å². The Kier molecular flexibility index (Phi) is 5.15. The SMILES string of the molecule is Fc1cccc(CCC2CN(Cc3c[nH]c4cc(F)ccc34)CCC2(F)F)c1. The standard InChI is InChI=1S/C22H22F4N2/c23-18-3-1-2-15(10-18)4-5-17-14-28(9-8-22(17,25)26)13-16-12-27-21-11-19(24)6-7-20(16)21/h1-3,6-7,10-12,17,27H,4-5,8-9,13-14H2. The van der Waals surface area contributed by atoms with E-state index in [9.17, 15) is 17.6 Å². The molecule has 0 amide bonds. The van der Waals surface area contributed by atoms with E-state index in [1.54, 1.807) is 18.2 Å². The molecule has 3 aromatic rings. The van der Waals surface area contributed by atoms with Gasteiger partial charge in [-0.25, -0.2) is 17.6 Å². The van der Waals surface area contributed by atoms with Gasteiger partial charge in [0.1, 0.15) is 11.6 Å². The topological polar surface area (TPSA) is 19.0 Å². The molecule has 2 nitrogen and oxygen atoms in total. The zero-order valence-electron chi connectivity index (χ0n) is 15.4. The number of rotatable bonds is 5. The van der Waals surface area contributed by atoms with Crippen molar-refractivity contribution in [3.63, 3.8) is 0 Å². The van der Waals surface area contributed by atoms with Crippen molar-refractivity contribution < 1.29 is 17.6 Å². The van der Waals surface area contributed by atoms with E-state index < -0.39 is 11.8 Å². The average Bonchev–Trinajstić information content (AvgIpc) is 3.04.